The number of benzene rings is 2. The van der Waals surface area contributed by atoms with Gasteiger partial charge in [-0.25, -0.2) is 13.2 Å². The van der Waals surface area contributed by atoms with Gasteiger partial charge in [-0.2, -0.15) is 0 Å². The Labute approximate surface area is 114 Å². The minimum Gasteiger partial charge on any atom is -0.367 e. The summed E-state index contributed by atoms with van der Waals surface area (Å²) in [6.45, 7) is -0.205. The predicted molar refractivity (Wildman–Crippen MR) is 70.4 cm³/mol. The van der Waals surface area contributed by atoms with E-state index in [9.17, 15) is 18.0 Å². The van der Waals surface area contributed by atoms with Crippen molar-refractivity contribution in [3.05, 3.63) is 65.5 Å². The molecule has 2 aromatic carbocycles. The van der Waals surface area contributed by atoms with Crippen molar-refractivity contribution < 1.29 is 18.0 Å². The SMILES string of the molecule is CN(CC(=O)c1c(F)cccc1F)c1ccc(F)cc1. The van der Waals surface area contributed by atoms with E-state index in [4.69, 9.17) is 0 Å². The number of ketones is 1. The molecule has 0 bridgehead atoms. The molecule has 2 nitrogen and oxygen atoms in total. The molecule has 2 rings (SSSR count). The third kappa shape index (κ3) is 2.99. The quantitative estimate of drug-likeness (QED) is 0.799. The maximum absolute atomic E-state index is 13.5. The monoisotopic (exact) mass is 279 g/mol. The van der Waals surface area contributed by atoms with E-state index in [0.717, 1.165) is 12.1 Å². The van der Waals surface area contributed by atoms with E-state index in [1.54, 1.807) is 7.05 Å². The van der Waals surface area contributed by atoms with Gasteiger partial charge in [-0.05, 0) is 36.4 Å². The molecule has 0 saturated heterocycles. The lowest BCUT2D eigenvalue weighted by Gasteiger charge is -2.18. The number of carbonyl (C=O) groups is 1. The highest BCUT2D eigenvalue weighted by molar-refractivity contribution is 5.99. The van der Waals surface area contributed by atoms with Gasteiger partial charge in [0.2, 0.25) is 0 Å². The van der Waals surface area contributed by atoms with Crippen molar-refractivity contribution in [2.75, 3.05) is 18.5 Å². The van der Waals surface area contributed by atoms with E-state index < -0.39 is 28.8 Å². The Morgan fingerprint density at radius 2 is 1.55 bits per heavy atom. The molecule has 0 aliphatic rings. The van der Waals surface area contributed by atoms with Crippen molar-refractivity contribution in [1.29, 1.82) is 0 Å². The Balaban J connectivity index is 2.17. The zero-order valence-electron chi connectivity index (χ0n) is 10.7. The van der Waals surface area contributed by atoms with E-state index in [0.29, 0.717) is 5.69 Å². The zero-order chi connectivity index (χ0) is 14.7. The maximum atomic E-state index is 13.5. The van der Waals surface area contributed by atoms with Gasteiger partial charge in [-0.3, -0.25) is 4.79 Å². The van der Waals surface area contributed by atoms with Crippen LogP contribution in [0, 0.1) is 17.5 Å². The highest BCUT2D eigenvalue weighted by atomic mass is 19.1. The maximum Gasteiger partial charge on any atom is 0.187 e. The molecule has 0 radical (unpaired) electrons. The fraction of sp³-hybridized carbons (Fsp3) is 0.133. The summed E-state index contributed by atoms with van der Waals surface area (Å²) in [6.07, 6.45) is 0. The number of likely N-dealkylation sites (N-methyl/N-ethyl adjacent to an activating group) is 1. The Bertz CT molecular complexity index is 605. The van der Waals surface area contributed by atoms with Gasteiger partial charge in [0.15, 0.2) is 5.78 Å². The van der Waals surface area contributed by atoms with Gasteiger partial charge < -0.3 is 4.90 Å². The molecule has 0 saturated carbocycles. The molecule has 0 aliphatic carbocycles. The first-order valence-electron chi connectivity index (χ1n) is 5.93. The Morgan fingerprint density at radius 3 is 2.10 bits per heavy atom. The van der Waals surface area contributed by atoms with Crippen molar-refractivity contribution >= 4 is 11.5 Å². The first-order chi connectivity index (χ1) is 9.49. The van der Waals surface area contributed by atoms with Crippen LogP contribution in [0.5, 0.6) is 0 Å². The summed E-state index contributed by atoms with van der Waals surface area (Å²) in [6, 6.07) is 8.74. The third-order valence-electron chi connectivity index (χ3n) is 2.89. The van der Waals surface area contributed by atoms with Crippen molar-refractivity contribution in [2.24, 2.45) is 0 Å². The second-order valence-electron chi connectivity index (χ2n) is 4.35. The van der Waals surface area contributed by atoms with Crippen LogP contribution in [0.2, 0.25) is 0 Å². The average molecular weight is 279 g/mol. The Kier molecular flexibility index (Phi) is 4.08. The molecule has 0 N–H and O–H groups in total. The summed E-state index contributed by atoms with van der Waals surface area (Å²) in [5.41, 5.74) is 0.0259. The number of hydrogen-bond acceptors (Lipinski definition) is 2. The molecule has 0 heterocycles. The molecule has 0 amide bonds. The minimum atomic E-state index is -0.887. The lowest BCUT2D eigenvalue weighted by molar-refractivity contribution is 0.0992. The Hall–Kier alpha value is -2.30. The van der Waals surface area contributed by atoms with Crippen LogP contribution in [0.3, 0.4) is 0 Å². The number of rotatable bonds is 4. The summed E-state index contributed by atoms with van der Waals surface area (Å²) >= 11 is 0. The molecule has 0 spiro atoms. The second kappa shape index (κ2) is 5.77. The zero-order valence-corrected chi connectivity index (χ0v) is 10.7. The fourth-order valence-corrected chi connectivity index (χ4v) is 1.85. The summed E-state index contributed by atoms with van der Waals surface area (Å²) in [4.78, 5) is 13.4. The molecule has 104 valence electrons. The van der Waals surface area contributed by atoms with Crippen LogP contribution in [-0.2, 0) is 0 Å². The first-order valence-corrected chi connectivity index (χ1v) is 5.93. The molecule has 0 fully saturated rings. The summed E-state index contributed by atoms with van der Waals surface area (Å²) in [5.74, 6) is -2.84. The van der Waals surface area contributed by atoms with Gasteiger partial charge >= 0.3 is 0 Å². The summed E-state index contributed by atoms with van der Waals surface area (Å²) in [7, 11) is 1.59. The lowest BCUT2D eigenvalue weighted by Crippen LogP contribution is -2.26. The number of carbonyl (C=O) groups excluding carboxylic acids is 1. The van der Waals surface area contributed by atoms with E-state index >= 15 is 0 Å². The van der Waals surface area contributed by atoms with Crippen LogP contribution in [0.15, 0.2) is 42.5 Å². The topological polar surface area (TPSA) is 20.3 Å². The predicted octanol–water partition coefficient (Wildman–Crippen LogP) is 3.42. The molecule has 5 heteroatoms. The molecular formula is C15H12F3NO. The van der Waals surface area contributed by atoms with Crippen LogP contribution >= 0.6 is 0 Å². The number of nitrogens with zero attached hydrogens (tertiary/aromatic N) is 1. The van der Waals surface area contributed by atoms with Gasteiger partial charge in [-0.1, -0.05) is 6.07 Å². The molecule has 2 aromatic rings. The minimum absolute atomic E-state index is 0.205. The normalized spacial score (nSPS) is 10.4. The molecule has 20 heavy (non-hydrogen) atoms. The summed E-state index contributed by atoms with van der Waals surface area (Å²) in [5, 5.41) is 0. The van der Waals surface area contributed by atoms with Crippen LogP contribution in [0.1, 0.15) is 10.4 Å². The van der Waals surface area contributed by atoms with Gasteiger partial charge in [0, 0.05) is 12.7 Å². The highest BCUT2D eigenvalue weighted by Crippen LogP contribution is 2.16. The van der Waals surface area contributed by atoms with Gasteiger partial charge in [0.25, 0.3) is 0 Å². The molecule has 0 aromatic heterocycles. The number of Topliss-reactive ketones (excluding diaryl/α,β-unsaturated/α-hetero) is 1. The largest absolute Gasteiger partial charge is 0.367 e. The highest BCUT2D eigenvalue weighted by Gasteiger charge is 2.18. The van der Waals surface area contributed by atoms with Crippen LogP contribution in [0.25, 0.3) is 0 Å². The molecule has 0 unspecified atom stereocenters. The van der Waals surface area contributed by atoms with Crippen LogP contribution in [0.4, 0.5) is 18.9 Å². The van der Waals surface area contributed by atoms with Gasteiger partial charge in [-0.15, -0.1) is 0 Å². The molecule has 0 aliphatic heterocycles. The average Bonchev–Trinajstić information content (AvgIpc) is 2.39. The van der Waals surface area contributed by atoms with Crippen molar-refractivity contribution in [3.8, 4) is 0 Å². The standard InChI is InChI=1S/C15H12F3NO/c1-19(11-7-5-10(16)6-8-11)9-14(20)15-12(17)3-2-4-13(15)18/h2-8H,9H2,1H3. The van der Waals surface area contributed by atoms with Gasteiger partial charge in [0.05, 0.1) is 12.1 Å². The Morgan fingerprint density at radius 1 is 1.00 bits per heavy atom. The van der Waals surface area contributed by atoms with Crippen molar-refractivity contribution in [1.82, 2.24) is 0 Å². The first kappa shape index (κ1) is 14.1. The number of halogens is 3. The van der Waals surface area contributed by atoms with Gasteiger partial charge in [0.1, 0.15) is 17.5 Å². The van der Waals surface area contributed by atoms with E-state index in [-0.39, 0.29) is 6.54 Å². The van der Waals surface area contributed by atoms with Crippen molar-refractivity contribution in [2.45, 2.75) is 0 Å². The number of anilines is 1. The fourth-order valence-electron chi connectivity index (χ4n) is 1.85. The van der Waals surface area contributed by atoms with E-state index in [1.165, 1.54) is 35.2 Å². The molecule has 0 atom stereocenters. The second-order valence-corrected chi connectivity index (χ2v) is 4.35. The van der Waals surface area contributed by atoms with E-state index in [1.807, 2.05) is 0 Å². The lowest BCUT2D eigenvalue weighted by atomic mass is 10.1. The van der Waals surface area contributed by atoms with Crippen molar-refractivity contribution in [3.63, 3.8) is 0 Å². The number of hydrogen-bond donors (Lipinski definition) is 0. The third-order valence-corrected chi connectivity index (χ3v) is 2.89. The van der Waals surface area contributed by atoms with Crippen LogP contribution < -0.4 is 4.90 Å². The smallest absolute Gasteiger partial charge is 0.187 e. The van der Waals surface area contributed by atoms with Crippen LogP contribution in [-0.4, -0.2) is 19.4 Å². The van der Waals surface area contributed by atoms with E-state index in [2.05, 4.69) is 0 Å². The summed E-state index contributed by atoms with van der Waals surface area (Å²) < 4.78 is 39.8. The molecular weight excluding hydrogens is 267 g/mol.